The molecule has 0 N–H and O–H groups in total. The molecular weight excluding hydrogens is 430 g/mol. The molecule has 7 rings (SSSR count). The fraction of sp³-hybridized carbons (Fsp3) is 0.357. The van der Waals surface area contributed by atoms with Gasteiger partial charge in [0.25, 0.3) is 0 Å². The van der Waals surface area contributed by atoms with E-state index in [2.05, 4.69) is 12.2 Å². The number of hydrogen-bond acceptors (Lipinski definition) is 5. The highest BCUT2D eigenvalue weighted by molar-refractivity contribution is 6.22. The molecule has 2 aromatic rings. The van der Waals surface area contributed by atoms with Crippen LogP contribution >= 0.6 is 0 Å². The lowest BCUT2D eigenvalue weighted by Gasteiger charge is -2.37. The number of anilines is 1. The molecule has 6 nitrogen and oxygen atoms in total. The third-order valence-electron chi connectivity index (χ3n) is 8.05. The third-order valence-corrected chi connectivity index (χ3v) is 8.05. The van der Waals surface area contributed by atoms with Crippen molar-refractivity contribution in [3.05, 3.63) is 76.9 Å². The summed E-state index contributed by atoms with van der Waals surface area (Å²) in [5, 5.41) is 0. The van der Waals surface area contributed by atoms with E-state index in [1.54, 1.807) is 18.2 Å². The molecule has 6 heteroatoms. The number of amides is 2. The predicted molar refractivity (Wildman–Crippen MR) is 124 cm³/mol. The van der Waals surface area contributed by atoms with Crippen LogP contribution < -0.4 is 4.90 Å². The predicted octanol–water partition coefficient (Wildman–Crippen LogP) is 3.90. The smallest absolute Gasteiger partial charge is 0.338 e. The summed E-state index contributed by atoms with van der Waals surface area (Å²) in [7, 11) is 0. The largest absolute Gasteiger partial charge is 0.454 e. The maximum Gasteiger partial charge on any atom is 0.338 e. The van der Waals surface area contributed by atoms with E-state index in [4.69, 9.17) is 4.74 Å². The molecule has 2 bridgehead atoms. The minimum Gasteiger partial charge on any atom is -0.454 e. The second-order valence-corrected chi connectivity index (χ2v) is 10.0. The third kappa shape index (κ3) is 3.08. The Labute approximate surface area is 197 Å². The van der Waals surface area contributed by atoms with E-state index in [1.807, 2.05) is 26.0 Å². The molecule has 5 aliphatic rings. The highest BCUT2D eigenvalue weighted by atomic mass is 16.5. The molecule has 1 saturated heterocycles. The SMILES string of the molecule is Cc1ccc(C)c(C(=O)COC(=O)c2ccc(N3C(=O)[C@@H]4[C@@H]5C=C[C@H]([C@H]6C[C@H]56)[C@@H]4C3=O)cc2)c1. The van der Waals surface area contributed by atoms with Crippen LogP contribution in [0.25, 0.3) is 0 Å². The summed E-state index contributed by atoms with van der Waals surface area (Å²) in [5.74, 6) is -0.214. The number of carbonyl (C=O) groups is 4. The Morgan fingerprint density at radius 2 is 1.53 bits per heavy atom. The number of nitrogens with zero attached hydrogens (tertiary/aromatic N) is 1. The lowest BCUT2D eigenvalue weighted by molar-refractivity contribution is -0.124. The molecule has 0 spiro atoms. The van der Waals surface area contributed by atoms with Crippen molar-refractivity contribution in [2.75, 3.05) is 11.5 Å². The van der Waals surface area contributed by atoms with Gasteiger partial charge in [-0.3, -0.25) is 19.3 Å². The highest BCUT2D eigenvalue weighted by Crippen LogP contribution is 2.65. The lowest BCUT2D eigenvalue weighted by atomic mass is 9.63. The first-order chi connectivity index (χ1) is 16.3. The average Bonchev–Trinajstić information content (AvgIpc) is 3.62. The van der Waals surface area contributed by atoms with Gasteiger partial charge in [0.2, 0.25) is 17.6 Å². The molecule has 34 heavy (non-hydrogen) atoms. The summed E-state index contributed by atoms with van der Waals surface area (Å²) in [5.41, 5.74) is 3.06. The Morgan fingerprint density at radius 1 is 0.912 bits per heavy atom. The molecule has 2 aromatic carbocycles. The Bertz CT molecular complexity index is 1240. The van der Waals surface area contributed by atoms with Gasteiger partial charge in [0.1, 0.15) is 0 Å². The van der Waals surface area contributed by atoms with Crippen LogP contribution in [0, 0.1) is 49.4 Å². The highest BCUT2D eigenvalue weighted by Gasteiger charge is 2.67. The first kappa shape index (κ1) is 21.0. The van der Waals surface area contributed by atoms with E-state index in [1.165, 1.54) is 17.0 Å². The summed E-state index contributed by atoms with van der Waals surface area (Å²) < 4.78 is 5.23. The second kappa shape index (κ2) is 7.49. The quantitative estimate of drug-likeness (QED) is 0.296. The first-order valence-corrected chi connectivity index (χ1v) is 11.8. The lowest BCUT2D eigenvalue weighted by Crippen LogP contribution is -2.40. The van der Waals surface area contributed by atoms with Crippen LogP contribution in [0.5, 0.6) is 0 Å². The Morgan fingerprint density at radius 3 is 2.15 bits per heavy atom. The minimum absolute atomic E-state index is 0.130. The van der Waals surface area contributed by atoms with Gasteiger partial charge in [-0.15, -0.1) is 0 Å². The monoisotopic (exact) mass is 455 g/mol. The van der Waals surface area contributed by atoms with Gasteiger partial charge in [-0.2, -0.15) is 0 Å². The number of ether oxygens (including phenoxy) is 1. The molecule has 0 radical (unpaired) electrons. The number of ketones is 1. The van der Waals surface area contributed by atoms with Crippen LogP contribution in [0.15, 0.2) is 54.6 Å². The molecule has 0 aromatic heterocycles. The zero-order valence-corrected chi connectivity index (χ0v) is 19.1. The van der Waals surface area contributed by atoms with Crippen LogP contribution in [-0.2, 0) is 14.3 Å². The van der Waals surface area contributed by atoms with Crippen molar-refractivity contribution in [2.24, 2.45) is 35.5 Å². The number of benzene rings is 2. The van der Waals surface area contributed by atoms with Crippen molar-refractivity contribution in [2.45, 2.75) is 20.3 Å². The molecule has 2 saturated carbocycles. The van der Waals surface area contributed by atoms with Crippen LogP contribution in [0.2, 0.25) is 0 Å². The standard InChI is InChI=1S/C28H25NO5/c1-14-3-4-15(2)20(11-14)23(30)13-34-28(33)16-5-7-17(8-6-16)29-26(31)24-18-9-10-19(22-12-21(18)22)25(24)27(29)32/h3-11,18-19,21-22,24-25H,12-13H2,1-2H3/t18-,19-,21-,22-,24-,25+/m1/s1. The Kier molecular flexibility index (Phi) is 4.63. The van der Waals surface area contributed by atoms with Gasteiger partial charge in [-0.05, 0) is 79.8 Å². The van der Waals surface area contributed by atoms with Crippen molar-refractivity contribution < 1.29 is 23.9 Å². The van der Waals surface area contributed by atoms with Gasteiger partial charge in [0.15, 0.2) is 6.61 Å². The number of Topliss-reactive ketones (excluding diaryl/α,β-unsaturated/α-hetero) is 1. The topological polar surface area (TPSA) is 80.8 Å². The molecule has 6 atom stereocenters. The zero-order valence-electron chi connectivity index (χ0n) is 19.1. The second-order valence-electron chi connectivity index (χ2n) is 10.0. The molecule has 1 aliphatic heterocycles. The molecule has 4 aliphatic carbocycles. The molecule has 0 unspecified atom stereocenters. The van der Waals surface area contributed by atoms with Crippen molar-refractivity contribution in [3.8, 4) is 0 Å². The van der Waals surface area contributed by atoms with Crippen LogP contribution in [-0.4, -0.2) is 30.2 Å². The summed E-state index contributed by atoms with van der Waals surface area (Å²) in [6.45, 7) is 3.39. The van der Waals surface area contributed by atoms with Gasteiger partial charge in [0.05, 0.1) is 23.1 Å². The van der Waals surface area contributed by atoms with E-state index in [0.29, 0.717) is 23.1 Å². The van der Waals surface area contributed by atoms with E-state index < -0.39 is 5.97 Å². The van der Waals surface area contributed by atoms with Crippen molar-refractivity contribution in [3.63, 3.8) is 0 Å². The number of rotatable bonds is 5. The van der Waals surface area contributed by atoms with Gasteiger partial charge >= 0.3 is 5.97 Å². The van der Waals surface area contributed by atoms with E-state index in [9.17, 15) is 19.2 Å². The average molecular weight is 456 g/mol. The fourth-order valence-corrected chi connectivity index (χ4v) is 6.29. The number of imide groups is 1. The zero-order chi connectivity index (χ0) is 23.7. The maximum absolute atomic E-state index is 13.2. The van der Waals surface area contributed by atoms with Crippen LogP contribution in [0.4, 0.5) is 5.69 Å². The molecule has 1 heterocycles. The van der Waals surface area contributed by atoms with E-state index in [0.717, 1.165) is 17.5 Å². The van der Waals surface area contributed by atoms with E-state index in [-0.39, 0.29) is 53.4 Å². The Balaban J connectivity index is 1.14. The van der Waals surface area contributed by atoms with E-state index >= 15 is 0 Å². The normalized spacial score (nSPS) is 30.2. The van der Waals surface area contributed by atoms with Crippen molar-refractivity contribution in [1.82, 2.24) is 0 Å². The number of hydrogen-bond donors (Lipinski definition) is 0. The van der Waals surface area contributed by atoms with Gasteiger partial charge < -0.3 is 4.74 Å². The molecule has 2 amide bonds. The number of allylic oxidation sites excluding steroid dienone is 2. The van der Waals surface area contributed by atoms with Gasteiger partial charge in [-0.25, -0.2) is 4.79 Å². The number of esters is 1. The summed E-state index contributed by atoms with van der Waals surface area (Å²) in [4.78, 5) is 52.8. The summed E-state index contributed by atoms with van der Waals surface area (Å²) >= 11 is 0. The molecular formula is C28H25NO5. The number of aryl methyl sites for hydroxylation is 2. The molecule has 172 valence electrons. The maximum atomic E-state index is 13.2. The minimum atomic E-state index is -0.625. The van der Waals surface area contributed by atoms with Crippen molar-refractivity contribution in [1.29, 1.82) is 0 Å². The summed E-state index contributed by atoms with van der Waals surface area (Å²) in [6.07, 6.45) is 5.42. The van der Waals surface area contributed by atoms with Crippen molar-refractivity contribution >= 4 is 29.3 Å². The van der Waals surface area contributed by atoms with Gasteiger partial charge in [0, 0.05) is 5.56 Å². The first-order valence-electron chi connectivity index (χ1n) is 11.8. The molecule has 3 fully saturated rings. The van der Waals surface area contributed by atoms with Crippen LogP contribution in [0.3, 0.4) is 0 Å². The Hall–Kier alpha value is -3.54. The van der Waals surface area contributed by atoms with Gasteiger partial charge in [-0.1, -0.05) is 29.8 Å². The summed E-state index contributed by atoms with van der Waals surface area (Å²) in [6, 6.07) is 11.9. The van der Waals surface area contributed by atoms with Crippen LogP contribution in [0.1, 0.15) is 38.3 Å². The fourth-order valence-electron chi connectivity index (χ4n) is 6.29. The number of carbonyl (C=O) groups excluding carboxylic acids is 4.